The second-order valence-electron chi connectivity index (χ2n) is 4.55. The van der Waals surface area contributed by atoms with Crippen LogP contribution in [-0.2, 0) is 9.53 Å². The largest absolute Gasteiger partial charge is 0.469 e. The van der Waals surface area contributed by atoms with Crippen LogP contribution < -0.4 is 10.6 Å². The summed E-state index contributed by atoms with van der Waals surface area (Å²) < 4.78 is 4.58. The van der Waals surface area contributed by atoms with Gasteiger partial charge in [-0.1, -0.05) is 13.8 Å². The van der Waals surface area contributed by atoms with Gasteiger partial charge < -0.3 is 15.4 Å². The predicted molar refractivity (Wildman–Crippen MR) is 74.7 cm³/mol. The first-order valence-corrected chi connectivity index (χ1v) is 6.69. The Bertz CT molecular complexity index is 253. The molecule has 0 aromatic rings. The van der Waals surface area contributed by atoms with E-state index >= 15 is 0 Å². The summed E-state index contributed by atoms with van der Waals surface area (Å²) in [6.45, 7) is 8.61. The van der Waals surface area contributed by atoms with Crippen molar-refractivity contribution in [3.8, 4) is 0 Å². The van der Waals surface area contributed by atoms with Crippen molar-refractivity contribution in [3.63, 3.8) is 0 Å². The Morgan fingerprint density at radius 1 is 1.33 bits per heavy atom. The van der Waals surface area contributed by atoms with Gasteiger partial charge in [-0.25, -0.2) is 0 Å². The molecule has 0 aliphatic rings. The molecule has 0 saturated carbocycles. The number of nitrogens with zero attached hydrogens (tertiary/aromatic N) is 1. The highest BCUT2D eigenvalue weighted by atomic mass is 16.5. The normalized spacial score (nSPS) is 11.5. The minimum atomic E-state index is -0.210. The van der Waals surface area contributed by atoms with Crippen molar-refractivity contribution in [1.82, 2.24) is 10.6 Å². The summed E-state index contributed by atoms with van der Waals surface area (Å²) in [4.78, 5) is 15.4. The van der Waals surface area contributed by atoms with E-state index in [1.165, 1.54) is 13.5 Å². The molecule has 0 unspecified atom stereocenters. The van der Waals surface area contributed by atoms with Crippen molar-refractivity contribution < 1.29 is 9.53 Å². The highest BCUT2D eigenvalue weighted by Crippen LogP contribution is 2.02. The summed E-state index contributed by atoms with van der Waals surface area (Å²) in [6, 6.07) is 0. The Balaban J connectivity index is 3.89. The van der Waals surface area contributed by atoms with Crippen molar-refractivity contribution in [3.05, 3.63) is 0 Å². The van der Waals surface area contributed by atoms with Crippen LogP contribution in [0, 0.1) is 5.92 Å². The van der Waals surface area contributed by atoms with E-state index in [1.54, 1.807) is 0 Å². The van der Waals surface area contributed by atoms with Gasteiger partial charge in [-0.05, 0) is 25.7 Å². The summed E-state index contributed by atoms with van der Waals surface area (Å²) >= 11 is 0. The predicted octanol–water partition coefficient (Wildman–Crippen LogP) is 1.54. The molecule has 0 rings (SSSR count). The Morgan fingerprint density at radius 3 is 2.61 bits per heavy atom. The van der Waals surface area contributed by atoms with Crippen LogP contribution in [0.3, 0.4) is 0 Å². The maximum atomic E-state index is 11.0. The second-order valence-corrected chi connectivity index (χ2v) is 4.55. The number of guanidine groups is 1. The molecule has 0 spiro atoms. The average Bonchev–Trinajstić information content (AvgIpc) is 2.33. The molecule has 0 aliphatic heterocycles. The van der Waals surface area contributed by atoms with Crippen molar-refractivity contribution in [1.29, 1.82) is 0 Å². The summed E-state index contributed by atoms with van der Waals surface area (Å²) in [5, 5.41) is 6.26. The zero-order valence-electron chi connectivity index (χ0n) is 12.1. The van der Waals surface area contributed by atoms with Crippen molar-refractivity contribution in [2.75, 3.05) is 26.7 Å². The number of rotatable bonds is 8. The number of hydrogen-bond donors (Lipinski definition) is 2. The number of aliphatic imine (C=N–C) groups is 1. The van der Waals surface area contributed by atoms with E-state index in [2.05, 4.69) is 34.2 Å². The maximum absolute atomic E-state index is 11.0. The molecule has 0 fully saturated rings. The van der Waals surface area contributed by atoms with E-state index in [4.69, 9.17) is 0 Å². The molecule has 5 heteroatoms. The van der Waals surface area contributed by atoms with Gasteiger partial charge in [0.15, 0.2) is 5.96 Å². The number of ether oxygens (including phenoxy) is 1. The molecule has 0 heterocycles. The summed E-state index contributed by atoms with van der Waals surface area (Å²) in [5.41, 5.74) is 0. The fourth-order valence-corrected chi connectivity index (χ4v) is 1.42. The maximum Gasteiger partial charge on any atom is 0.307 e. The van der Waals surface area contributed by atoms with Crippen LogP contribution in [0.4, 0.5) is 0 Å². The summed E-state index contributed by atoms with van der Waals surface area (Å²) in [6.07, 6.45) is 2.63. The lowest BCUT2D eigenvalue weighted by Crippen LogP contribution is -2.38. The van der Waals surface area contributed by atoms with Crippen LogP contribution in [0.15, 0.2) is 4.99 Å². The third kappa shape index (κ3) is 9.93. The molecule has 0 aromatic heterocycles. The third-order valence-corrected chi connectivity index (χ3v) is 2.40. The number of hydrogen-bond acceptors (Lipinski definition) is 3. The van der Waals surface area contributed by atoms with E-state index in [9.17, 15) is 4.79 Å². The molecule has 0 atom stereocenters. The minimum Gasteiger partial charge on any atom is -0.469 e. The molecule has 2 N–H and O–H groups in total. The smallest absolute Gasteiger partial charge is 0.307 e. The first-order chi connectivity index (χ1) is 8.60. The Morgan fingerprint density at radius 2 is 2.06 bits per heavy atom. The van der Waals surface area contributed by atoms with Gasteiger partial charge in [0, 0.05) is 19.6 Å². The van der Waals surface area contributed by atoms with Gasteiger partial charge in [-0.3, -0.25) is 9.79 Å². The van der Waals surface area contributed by atoms with Crippen molar-refractivity contribution in [2.24, 2.45) is 10.9 Å². The van der Waals surface area contributed by atoms with Crippen LogP contribution >= 0.6 is 0 Å². The molecular formula is C13H27N3O2. The van der Waals surface area contributed by atoms with E-state index in [-0.39, 0.29) is 5.97 Å². The van der Waals surface area contributed by atoms with Gasteiger partial charge in [0.05, 0.1) is 13.5 Å². The van der Waals surface area contributed by atoms with Gasteiger partial charge in [-0.2, -0.15) is 0 Å². The van der Waals surface area contributed by atoms with Crippen molar-refractivity contribution >= 4 is 11.9 Å². The third-order valence-electron chi connectivity index (χ3n) is 2.40. The Hall–Kier alpha value is -1.26. The molecule has 0 saturated heterocycles. The molecule has 18 heavy (non-hydrogen) atoms. The number of nitrogens with one attached hydrogen (secondary N) is 2. The lowest BCUT2D eigenvalue weighted by atomic mass is 10.1. The Labute approximate surface area is 110 Å². The molecule has 0 amide bonds. The fourth-order valence-electron chi connectivity index (χ4n) is 1.42. The van der Waals surface area contributed by atoms with E-state index < -0.39 is 0 Å². The van der Waals surface area contributed by atoms with Crippen LogP contribution in [-0.4, -0.2) is 38.7 Å². The van der Waals surface area contributed by atoms with Crippen LogP contribution in [0.2, 0.25) is 0 Å². The lowest BCUT2D eigenvalue weighted by molar-refractivity contribution is -0.140. The van der Waals surface area contributed by atoms with E-state index in [0.29, 0.717) is 13.0 Å². The van der Waals surface area contributed by atoms with Crippen LogP contribution in [0.25, 0.3) is 0 Å². The van der Waals surface area contributed by atoms with Crippen LogP contribution in [0.1, 0.15) is 40.0 Å². The average molecular weight is 257 g/mol. The zero-order chi connectivity index (χ0) is 13.8. The quantitative estimate of drug-likeness (QED) is 0.300. The highest BCUT2D eigenvalue weighted by molar-refractivity contribution is 5.80. The SMILES string of the molecule is CCNC(=NCCCC(C)C)NCCC(=O)OC. The summed E-state index contributed by atoms with van der Waals surface area (Å²) in [5.74, 6) is 1.28. The van der Waals surface area contributed by atoms with Gasteiger partial charge in [0.1, 0.15) is 0 Å². The summed E-state index contributed by atoms with van der Waals surface area (Å²) in [7, 11) is 1.40. The van der Waals surface area contributed by atoms with E-state index in [1.807, 2.05) is 6.92 Å². The van der Waals surface area contributed by atoms with Crippen LogP contribution in [0.5, 0.6) is 0 Å². The lowest BCUT2D eigenvalue weighted by Gasteiger charge is -2.10. The number of carbonyl (C=O) groups is 1. The number of carbonyl (C=O) groups excluding carboxylic acids is 1. The van der Waals surface area contributed by atoms with E-state index in [0.717, 1.165) is 31.4 Å². The van der Waals surface area contributed by atoms with Gasteiger partial charge >= 0.3 is 5.97 Å². The molecule has 0 bridgehead atoms. The molecule has 5 nitrogen and oxygen atoms in total. The first kappa shape index (κ1) is 16.7. The minimum absolute atomic E-state index is 0.210. The molecule has 0 radical (unpaired) electrons. The topological polar surface area (TPSA) is 62.7 Å². The highest BCUT2D eigenvalue weighted by Gasteiger charge is 2.01. The molecule has 0 aromatic carbocycles. The standard InChI is InChI=1S/C13H27N3O2/c1-5-14-13(15-9-6-7-11(2)3)16-10-8-12(17)18-4/h11H,5-10H2,1-4H3,(H2,14,15,16). The molecule has 0 aliphatic carbocycles. The van der Waals surface area contributed by atoms with Gasteiger partial charge in [0.2, 0.25) is 0 Å². The fraction of sp³-hybridized carbons (Fsp3) is 0.846. The van der Waals surface area contributed by atoms with Gasteiger partial charge in [0.25, 0.3) is 0 Å². The first-order valence-electron chi connectivity index (χ1n) is 6.69. The molecule has 106 valence electrons. The van der Waals surface area contributed by atoms with Gasteiger partial charge in [-0.15, -0.1) is 0 Å². The van der Waals surface area contributed by atoms with Crippen molar-refractivity contribution in [2.45, 2.75) is 40.0 Å². The Kier molecular flexibility index (Phi) is 10.1. The number of methoxy groups -OCH3 is 1. The number of esters is 1. The molecular weight excluding hydrogens is 230 g/mol. The zero-order valence-corrected chi connectivity index (χ0v) is 12.1. The monoisotopic (exact) mass is 257 g/mol. The second kappa shape index (κ2) is 10.9.